The van der Waals surface area contributed by atoms with Crippen LogP contribution in [0.4, 0.5) is 5.69 Å². The second-order valence-corrected chi connectivity index (χ2v) is 7.37. The minimum absolute atomic E-state index is 0.0990. The second-order valence-electron chi connectivity index (χ2n) is 6.55. The van der Waals surface area contributed by atoms with E-state index in [2.05, 4.69) is 12.2 Å². The molecule has 0 fully saturated rings. The average Bonchev–Trinajstić information content (AvgIpc) is 2.69. The van der Waals surface area contributed by atoms with Crippen molar-refractivity contribution in [2.45, 2.75) is 45.4 Å². The molecule has 6 heteroatoms. The quantitative estimate of drug-likeness (QED) is 0.384. The molecule has 2 rings (SSSR count). The van der Waals surface area contributed by atoms with E-state index in [9.17, 15) is 4.79 Å². The predicted molar refractivity (Wildman–Crippen MR) is 116 cm³/mol. The largest absolute Gasteiger partial charge is 0.494 e. The smallest absolute Gasteiger partial charge is 0.262 e. The first-order valence-corrected chi connectivity index (χ1v) is 10.4. The molecule has 0 aliphatic rings. The van der Waals surface area contributed by atoms with E-state index < -0.39 is 0 Å². The van der Waals surface area contributed by atoms with Crippen LogP contribution < -0.4 is 14.8 Å². The molecule has 2 aromatic carbocycles. The van der Waals surface area contributed by atoms with Crippen molar-refractivity contribution in [2.75, 3.05) is 18.5 Å². The van der Waals surface area contributed by atoms with Crippen molar-refractivity contribution in [3.8, 4) is 11.5 Å². The third-order valence-corrected chi connectivity index (χ3v) is 4.90. The molecule has 2 aromatic rings. The van der Waals surface area contributed by atoms with Gasteiger partial charge < -0.3 is 14.8 Å². The molecular weight excluding hydrogens is 397 g/mol. The third kappa shape index (κ3) is 8.41. The lowest BCUT2D eigenvalue weighted by Gasteiger charge is -2.10. The molecule has 0 atom stereocenters. The molecule has 1 N–H and O–H groups in total. The number of carbonyl (C=O) groups is 1. The Morgan fingerprint density at radius 2 is 1.50 bits per heavy atom. The Labute approximate surface area is 177 Å². The van der Waals surface area contributed by atoms with Gasteiger partial charge in [0, 0.05) is 5.69 Å². The number of unbranched alkanes of at least 4 members (excludes halogenated alkanes) is 5. The topological polar surface area (TPSA) is 47.6 Å². The van der Waals surface area contributed by atoms with Crippen LogP contribution in [0.5, 0.6) is 11.5 Å². The normalized spacial score (nSPS) is 10.5. The van der Waals surface area contributed by atoms with E-state index in [1.54, 1.807) is 30.3 Å². The van der Waals surface area contributed by atoms with Crippen molar-refractivity contribution >= 4 is 34.8 Å². The van der Waals surface area contributed by atoms with Crippen LogP contribution >= 0.6 is 23.2 Å². The molecule has 152 valence electrons. The van der Waals surface area contributed by atoms with E-state index >= 15 is 0 Å². The summed E-state index contributed by atoms with van der Waals surface area (Å²) in [5.41, 5.74) is 0.571. The number of rotatable bonds is 12. The Hall–Kier alpha value is -1.91. The molecule has 1 amide bonds. The molecule has 0 bridgehead atoms. The molecule has 0 aliphatic carbocycles. The summed E-state index contributed by atoms with van der Waals surface area (Å²) in [6.07, 6.45) is 7.43. The highest BCUT2D eigenvalue weighted by Gasteiger charge is 2.06. The summed E-state index contributed by atoms with van der Waals surface area (Å²) in [7, 11) is 0. The van der Waals surface area contributed by atoms with Gasteiger partial charge >= 0.3 is 0 Å². The van der Waals surface area contributed by atoms with Gasteiger partial charge in [0.1, 0.15) is 11.5 Å². The summed E-state index contributed by atoms with van der Waals surface area (Å²) in [6.45, 7) is 2.84. The van der Waals surface area contributed by atoms with Gasteiger partial charge in [0.05, 0.1) is 16.7 Å². The van der Waals surface area contributed by atoms with Gasteiger partial charge in [0.25, 0.3) is 5.91 Å². The maximum absolute atomic E-state index is 12.0. The number of nitrogens with one attached hydrogen (secondary N) is 1. The van der Waals surface area contributed by atoms with Crippen molar-refractivity contribution < 1.29 is 14.3 Å². The Bertz CT molecular complexity index is 735. The minimum Gasteiger partial charge on any atom is -0.494 e. The van der Waals surface area contributed by atoms with Gasteiger partial charge in [-0.25, -0.2) is 0 Å². The first kappa shape index (κ1) is 22.4. The van der Waals surface area contributed by atoms with E-state index in [-0.39, 0.29) is 12.5 Å². The highest BCUT2D eigenvalue weighted by Crippen LogP contribution is 2.25. The van der Waals surface area contributed by atoms with Gasteiger partial charge in [-0.05, 0) is 48.9 Å². The highest BCUT2D eigenvalue weighted by atomic mass is 35.5. The van der Waals surface area contributed by atoms with Gasteiger partial charge in [-0.1, -0.05) is 62.2 Å². The van der Waals surface area contributed by atoms with Crippen LogP contribution in [0.1, 0.15) is 45.4 Å². The fraction of sp³-hybridized carbons (Fsp3) is 0.409. The fourth-order valence-corrected chi connectivity index (χ4v) is 2.92. The first-order chi connectivity index (χ1) is 13.6. The Balaban J connectivity index is 1.66. The molecule has 0 heterocycles. The monoisotopic (exact) mass is 423 g/mol. The number of carbonyl (C=O) groups excluding carboxylic acids is 1. The summed E-state index contributed by atoms with van der Waals surface area (Å²) in [4.78, 5) is 12.0. The van der Waals surface area contributed by atoms with E-state index in [0.717, 1.165) is 18.8 Å². The molecule has 0 saturated heterocycles. The first-order valence-electron chi connectivity index (χ1n) is 9.69. The molecule has 28 heavy (non-hydrogen) atoms. The number of anilines is 1. The van der Waals surface area contributed by atoms with Crippen molar-refractivity contribution in [1.82, 2.24) is 0 Å². The van der Waals surface area contributed by atoms with E-state index in [4.69, 9.17) is 32.7 Å². The minimum atomic E-state index is -0.276. The maximum atomic E-state index is 12.0. The van der Waals surface area contributed by atoms with Gasteiger partial charge in [-0.2, -0.15) is 0 Å². The van der Waals surface area contributed by atoms with Crippen LogP contribution in [-0.2, 0) is 4.79 Å². The van der Waals surface area contributed by atoms with Gasteiger partial charge in [0.15, 0.2) is 6.61 Å². The van der Waals surface area contributed by atoms with Crippen LogP contribution in [0.25, 0.3) is 0 Å². The zero-order valence-electron chi connectivity index (χ0n) is 16.2. The lowest BCUT2D eigenvalue weighted by Crippen LogP contribution is -2.20. The van der Waals surface area contributed by atoms with Crippen molar-refractivity contribution in [3.05, 3.63) is 52.5 Å². The SMILES string of the molecule is CCCCCCCCOc1ccc(OCC(=O)Nc2ccc(Cl)c(Cl)c2)cc1. The molecule has 0 spiro atoms. The number of hydrogen-bond acceptors (Lipinski definition) is 3. The number of amides is 1. The third-order valence-electron chi connectivity index (χ3n) is 4.16. The van der Waals surface area contributed by atoms with Crippen molar-refractivity contribution in [2.24, 2.45) is 0 Å². The summed E-state index contributed by atoms with van der Waals surface area (Å²) in [6, 6.07) is 12.2. The molecule has 0 unspecified atom stereocenters. The zero-order chi connectivity index (χ0) is 20.2. The second kappa shape index (κ2) is 12.5. The summed E-state index contributed by atoms with van der Waals surface area (Å²) in [5.74, 6) is 1.14. The summed E-state index contributed by atoms with van der Waals surface area (Å²) < 4.78 is 11.2. The van der Waals surface area contributed by atoms with Crippen molar-refractivity contribution in [1.29, 1.82) is 0 Å². The molecule has 0 aromatic heterocycles. The molecule has 4 nitrogen and oxygen atoms in total. The van der Waals surface area contributed by atoms with Gasteiger partial charge in [0.2, 0.25) is 0 Å². The number of ether oxygens (including phenoxy) is 2. The lowest BCUT2D eigenvalue weighted by atomic mass is 10.1. The predicted octanol–water partition coefficient (Wildman–Crippen LogP) is 6.75. The van der Waals surface area contributed by atoms with Crippen LogP contribution in [0.15, 0.2) is 42.5 Å². The molecular formula is C22H27Cl2NO3. The Morgan fingerprint density at radius 3 is 2.18 bits per heavy atom. The fourth-order valence-electron chi connectivity index (χ4n) is 2.62. The Kier molecular flexibility index (Phi) is 10.0. The lowest BCUT2D eigenvalue weighted by molar-refractivity contribution is -0.118. The maximum Gasteiger partial charge on any atom is 0.262 e. The van der Waals surface area contributed by atoms with Gasteiger partial charge in [-0.15, -0.1) is 0 Å². The van der Waals surface area contributed by atoms with E-state index in [1.807, 2.05) is 12.1 Å². The average molecular weight is 424 g/mol. The Morgan fingerprint density at radius 1 is 0.857 bits per heavy atom. The molecule has 0 aliphatic heterocycles. The van der Waals surface area contributed by atoms with E-state index in [0.29, 0.717) is 21.5 Å². The molecule has 0 radical (unpaired) electrons. The van der Waals surface area contributed by atoms with Gasteiger partial charge in [-0.3, -0.25) is 4.79 Å². The van der Waals surface area contributed by atoms with Crippen LogP contribution in [0.2, 0.25) is 10.0 Å². The van der Waals surface area contributed by atoms with E-state index in [1.165, 1.54) is 32.1 Å². The van der Waals surface area contributed by atoms with Crippen LogP contribution in [-0.4, -0.2) is 19.1 Å². The van der Waals surface area contributed by atoms with Crippen LogP contribution in [0.3, 0.4) is 0 Å². The number of halogens is 2. The summed E-state index contributed by atoms with van der Waals surface area (Å²) >= 11 is 11.8. The standard InChI is InChI=1S/C22H27Cl2NO3/c1-2-3-4-5-6-7-14-27-18-9-11-19(12-10-18)28-16-22(26)25-17-8-13-20(23)21(24)15-17/h8-13,15H,2-7,14,16H2,1H3,(H,25,26). The molecule has 0 saturated carbocycles. The van der Waals surface area contributed by atoms with Crippen molar-refractivity contribution in [3.63, 3.8) is 0 Å². The van der Waals surface area contributed by atoms with Crippen LogP contribution in [0, 0.1) is 0 Å². The summed E-state index contributed by atoms with van der Waals surface area (Å²) in [5, 5.41) is 3.54. The number of benzene rings is 2. The zero-order valence-corrected chi connectivity index (χ0v) is 17.7. The number of hydrogen-bond donors (Lipinski definition) is 1. The highest BCUT2D eigenvalue weighted by molar-refractivity contribution is 6.42.